The SMILES string of the molecule is COc1ccc(CC(=O)O)cc1OCCCN1C(=O)/C(=C/c2cc(-c3ccc4[nH]ccc4c3)ccc2OCCN2CCOCC2)SC1=S. The minimum Gasteiger partial charge on any atom is -0.493 e. The van der Waals surface area contributed by atoms with E-state index in [9.17, 15) is 9.59 Å². The fourth-order valence-corrected chi connectivity index (χ4v) is 6.97. The quantitative estimate of drug-likeness (QED) is 0.0951. The van der Waals surface area contributed by atoms with Gasteiger partial charge in [0.1, 0.15) is 16.7 Å². The van der Waals surface area contributed by atoms with Crippen LogP contribution in [0.2, 0.25) is 0 Å². The lowest BCUT2D eigenvalue weighted by atomic mass is 10.0. The highest BCUT2D eigenvalue weighted by Crippen LogP contribution is 2.36. The molecule has 2 aliphatic rings. The van der Waals surface area contributed by atoms with Gasteiger partial charge in [-0.25, -0.2) is 0 Å². The number of aromatic nitrogens is 1. The molecule has 10 nitrogen and oxygen atoms in total. The number of nitrogens with zero attached hydrogens (tertiary/aromatic N) is 2. The molecule has 0 saturated carbocycles. The minimum atomic E-state index is -0.926. The van der Waals surface area contributed by atoms with E-state index in [1.165, 1.54) is 18.9 Å². The topological polar surface area (TPSA) is 114 Å². The predicted molar refractivity (Wildman–Crippen MR) is 191 cm³/mol. The van der Waals surface area contributed by atoms with Crippen molar-refractivity contribution in [2.24, 2.45) is 0 Å². The van der Waals surface area contributed by atoms with E-state index < -0.39 is 5.97 Å². The fourth-order valence-electron chi connectivity index (χ4n) is 5.67. The van der Waals surface area contributed by atoms with Gasteiger partial charge in [0.25, 0.3) is 5.91 Å². The molecule has 0 unspecified atom stereocenters. The third kappa shape index (κ3) is 8.19. The van der Waals surface area contributed by atoms with Gasteiger partial charge in [-0.1, -0.05) is 42.2 Å². The maximum atomic E-state index is 13.6. The third-order valence-electron chi connectivity index (χ3n) is 8.19. The molecule has 3 aromatic carbocycles. The molecule has 0 aliphatic carbocycles. The van der Waals surface area contributed by atoms with Crippen molar-refractivity contribution in [3.8, 4) is 28.4 Å². The van der Waals surface area contributed by atoms with E-state index in [0.717, 1.165) is 60.4 Å². The Balaban J connectivity index is 1.15. The highest BCUT2D eigenvalue weighted by atomic mass is 32.2. The number of morpholine rings is 1. The van der Waals surface area contributed by atoms with E-state index in [0.29, 0.717) is 51.6 Å². The van der Waals surface area contributed by atoms with E-state index in [2.05, 4.69) is 34.1 Å². The van der Waals surface area contributed by atoms with Crippen LogP contribution in [0.1, 0.15) is 17.5 Å². The van der Waals surface area contributed by atoms with Crippen LogP contribution in [0, 0.1) is 0 Å². The van der Waals surface area contributed by atoms with Crippen LogP contribution in [-0.2, 0) is 20.7 Å². The highest BCUT2D eigenvalue weighted by molar-refractivity contribution is 8.26. The Morgan fingerprint density at radius 3 is 2.56 bits per heavy atom. The Morgan fingerprint density at radius 1 is 0.979 bits per heavy atom. The van der Waals surface area contributed by atoms with Crippen LogP contribution >= 0.6 is 24.0 Å². The summed E-state index contributed by atoms with van der Waals surface area (Å²) in [5.74, 6) is 0.580. The molecule has 1 amide bonds. The Labute approximate surface area is 288 Å². The molecule has 0 spiro atoms. The van der Waals surface area contributed by atoms with Crippen molar-refractivity contribution in [1.29, 1.82) is 0 Å². The summed E-state index contributed by atoms with van der Waals surface area (Å²) in [6, 6.07) is 19.5. The molecule has 6 rings (SSSR count). The molecule has 2 fully saturated rings. The van der Waals surface area contributed by atoms with Gasteiger partial charge in [-0.3, -0.25) is 19.4 Å². The number of nitrogens with one attached hydrogen (secondary N) is 1. The number of thiocarbonyl (C=S) groups is 1. The van der Waals surface area contributed by atoms with Gasteiger partial charge in [0.2, 0.25) is 0 Å². The zero-order chi connectivity index (χ0) is 33.5. The molecule has 4 aromatic rings. The number of aromatic amines is 1. The molecule has 0 radical (unpaired) electrons. The molecular formula is C36H37N3O7S2. The number of carboxylic acids is 1. The molecule has 1 aromatic heterocycles. The van der Waals surface area contributed by atoms with E-state index in [1.807, 2.05) is 30.5 Å². The summed E-state index contributed by atoms with van der Waals surface area (Å²) in [6.45, 7) is 5.19. The molecule has 2 aliphatic heterocycles. The van der Waals surface area contributed by atoms with E-state index in [4.69, 9.17) is 36.3 Å². The lowest BCUT2D eigenvalue weighted by molar-refractivity contribution is -0.136. The normalized spacial score (nSPS) is 16.2. The summed E-state index contributed by atoms with van der Waals surface area (Å²) in [7, 11) is 1.53. The van der Waals surface area contributed by atoms with Gasteiger partial charge in [-0.2, -0.15) is 0 Å². The number of aliphatic carboxylic acids is 1. The van der Waals surface area contributed by atoms with Gasteiger partial charge in [-0.15, -0.1) is 0 Å². The Hall–Kier alpha value is -4.36. The number of thioether (sulfide) groups is 1. The molecule has 12 heteroatoms. The number of amides is 1. The van der Waals surface area contributed by atoms with Crippen LogP contribution in [0.4, 0.5) is 0 Å². The summed E-state index contributed by atoms with van der Waals surface area (Å²) in [4.78, 5) is 32.4. The maximum Gasteiger partial charge on any atom is 0.307 e. The number of rotatable bonds is 14. The smallest absolute Gasteiger partial charge is 0.307 e. The first-order chi connectivity index (χ1) is 23.4. The lowest BCUT2D eigenvalue weighted by Gasteiger charge is -2.26. The summed E-state index contributed by atoms with van der Waals surface area (Å²) < 4.78 is 23.5. The van der Waals surface area contributed by atoms with Crippen LogP contribution in [0.3, 0.4) is 0 Å². The Kier molecular flexibility index (Phi) is 11.0. The van der Waals surface area contributed by atoms with Gasteiger partial charge in [0.05, 0.1) is 38.3 Å². The van der Waals surface area contributed by atoms with Crippen molar-refractivity contribution in [2.75, 3.05) is 59.7 Å². The van der Waals surface area contributed by atoms with Crippen LogP contribution < -0.4 is 14.2 Å². The average molecular weight is 688 g/mol. The monoisotopic (exact) mass is 687 g/mol. The standard InChI is InChI=1S/C36H37N3O7S2/c1-43-31-7-3-24(20-34(40)41)19-32(31)45-15-2-11-39-35(42)33(48-36(39)47)23-28-22-26(25-4-6-29-27(21-25)9-10-37-29)5-8-30(28)46-18-14-38-12-16-44-17-13-38/h3-10,19,21-23,37H,2,11-18,20H2,1H3,(H,40,41)/b33-23-. The average Bonchev–Trinajstić information content (AvgIpc) is 3.66. The molecule has 0 atom stereocenters. The van der Waals surface area contributed by atoms with Gasteiger partial charge in [0.15, 0.2) is 11.5 Å². The van der Waals surface area contributed by atoms with E-state index >= 15 is 0 Å². The van der Waals surface area contributed by atoms with E-state index in [1.54, 1.807) is 23.1 Å². The van der Waals surface area contributed by atoms with Crippen LogP contribution in [0.5, 0.6) is 17.2 Å². The number of benzene rings is 3. The van der Waals surface area contributed by atoms with E-state index in [-0.39, 0.29) is 18.9 Å². The highest BCUT2D eigenvalue weighted by Gasteiger charge is 2.32. The number of hydrogen-bond acceptors (Lipinski definition) is 9. The summed E-state index contributed by atoms with van der Waals surface area (Å²) in [6.07, 6.45) is 4.20. The molecule has 2 N–H and O–H groups in total. The summed E-state index contributed by atoms with van der Waals surface area (Å²) in [5.41, 5.74) is 4.57. The van der Waals surface area contributed by atoms with Crippen LogP contribution in [0.25, 0.3) is 28.1 Å². The lowest BCUT2D eigenvalue weighted by Crippen LogP contribution is -2.38. The Bertz CT molecular complexity index is 1830. The number of hydrogen-bond donors (Lipinski definition) is 2. The first-order valence-corrected chi connectivity index (χ1v) is 17.0. The van der Waals surface area contributed by atoms with Crippen molar-refractivity contribution in [3.63, 3.8) is 0 Å². The first kappa shape index (κ1) is 33.5. The number of ether oxygens (including phenoxy) is 4. The largest absolute Gasteiger partial charge is 0.493 e. The third-order valence-corrected chi connectivity index (χ3v) is 9.57. The van der Waals surface area contributed by atoms with Crippen molar-refractivity contribution in [3.05, 3.63) is 82.9 Å². The maximum absolute atomic E-state index is 13.6. The van der Waals surface area contributed by atoms with Crippen molar-refractivity contribution < 1.29 is 33.6 Å². The van der Waals surface area contributed by atoms with Crippen molar-refractivity contribution >= 4 is 57.2 Å². The van der Waals surface area contributed by atoms with Gasteiger partial charge >= 0.3 is 5.97 Å². The van der Waals surface area contributed by atoms with Gasteiger partial charge < -0.3 is 29.0 Å². The summed E-state index contributed by atoms with van der Waals surface area (Å²) >= 11 is 6.90. The second-order valence-electron chi connectivity index (χ2n) is 11.4. The Morgan fingerprint density at radius 2 is 1.75 bits per heavy atom. The molecule has 48 heavy (non-hydrogen) atoms. The second kappa shape index (κ2) is 15.7. The summed E-state index contributed by atoms with van der Waals surface area (Å²) in [5, 5.41) is 10.3. The molecule has 3 heterocycles. The number of fused-ring (bicyclic) bond motifs is 1. The number of H-pyrrole nitrogens is 1. The zero-order valence-electron chi connectivity index (χ0n) is 26.6. The minimum absolute atomic E-state index is 0.116. The van der Waals surface area contributed by atoms with Gasteiger partial charge in [0, 0.05) is 43.5 Å². The van der Waals surface area contributed by atoms with Crippen LogP contribution in [0.15, 0.2) is 71.8 Å². The molecular weight excluding hydrogens is 651 g/mol. The molecule has 250 valence electrons. The number of carbonyl (C=O) groups is 2. The zero-order valence-corrected chi connectivity index (χ0v) is 28.2. The van der Waals surface area contributed by atoms with Crippen LogP contribution in [-0.4, -0.2) is 95.8 Å². The molecule has 0 bridgehead atoms. The first-order valence-electron chi connectivity index (χ1n) is 15.8. The second-order valence-corrected chi connectivity index (χ2v) is 13.1. The number of methoxy groups -OCH3 is 1. The van der Waals surface area contributed by atoms with Crippen molar-refractivity contribution in [1.82, 2.24) is 14.8 Å². The number of carbonyl (C=O) groups excluding carboxylic acids is 1. The van der Waals surface area contributed by atoms with Gasteiger partial charge in [-0.05, 0) is 77.0 Å². The fraction of sp³-hybridized carbons (Fsp3) is 0.306. The molecule has 2 saturated heterocycles. The predicted octanol–water partition coefficient (Wildman–Crippen LogP) is 5.85. The number of carboxylic acid groups (broad SMARTS) is 1. The van der Waals surface area contributed by atoms with Crippen molar-refractivity contribution in [2.45, 2.75) is 12.8 Å².